The summed E-state index contributed by atoms with van der Waals surface area (Å²) in [7, 11) is 0. The first-order valence-electron chi connectivity index (χ1n) is 7.44. The first-order chi connectivity index (χ1) is 10.3. The molecule has 1 N–H and O–H groups in total. The second-order valence-electron chi connectivity index (χ2n) is 5.55. The van der Waals surface area contributed by atoms with E-state index in [-0.39, 0.29) is 0 Å². The first-order valence-corrected chi connectivity index (χ1v) is 8.23. The van der Waals surface area contributed by atoms with Crippen LogP contribution in [0.5, 0.6) is 0 Å². The van der Waals surface area contributed by atoms with Gasteiger partial charge < -0.3 is 5.32 Å². The fourth-order valence-corrected chi connectivity index (χ4v) is 3.15. The molecule has 1 aromatic heterocycles. The SMILES string of the molecule is Brc1cncc(CNc2cccc(CN3CCCC3)c2)c1. The van der Waals surface area contributed by atoms with Crippen LogP contribution in [0.25, 0.3) is 0 Å². The van der Waals surface area contributed by atoms with Crippen LogP contribution in [0.1, 0.15) is 24.0 Å². The van der Waals surface area contributed by atoms with Gasteiger partial charge in [-0.05, 0) is 71.2 Å². The number of likely N-dealkylation sites (tertiary alicyclic amines) is 1. The molecule has 0 bridgehead atoms. The van der Waals surface area contributed by atoms with Gasteiger partial charge in [-0.2, -0.15) is 0 Å². The third-order valence-corrected chi connectivity index (χ3v) is 4.22. The predicted octanol–water partition coefficient (Wildman–Crippen LogP) is 4.05. The number of pyridine rings is 1. The normalized spacial score (nSPS) is 15.3. The number of hydrogen-bond acceptors (Lipinski definition) is 3. The largest absolute Gasteiger partial charge is 0.381 e. The van der Waals surface area contributed by atoms with Crippen molar-refractivity contribution in [3.05, 3.63) is 58.3 Å². The Balaban J connectivity index is 1.60. The molecule has 21 heavy (non-hydrogen) atoms. The summed E-state index contributed by atoms with van der Waals surface area (Å²) < 4.78 is 1.02. The number of anilines is 1. The van der Waals surface area contributed by atoms with Gasteiger partial charge in [0.1, 0.15) is 0 Å². The second-order valence-corrected chi connectivity index (χ2v) is 6.46. The quantitative estimate of drug-likeness (QED) is 0.885. The van der Waals surface area contributed by atoms with Crippen LogP contribution in [-0.2, 0) is 13.1 Å². The molecule has 1 aromatic carbocycles. The van der Waals surface area contributed by atoms with Crippen molar-refractivity contribution in [2.75, 3.05) is 18.4 Å². The van der Waals surface area contributed by atoms with Crippen LogP contribution in [0.15, 0.2) is 47.2 Å². The van der Waals surface area contributed by atoms with Crippen molar-refractivity contribution in [1.29, 1.82) is 0 Å². The van der Waals surface area contributed by atoms with Gasteiger partial charge in [0.05, 0.1) is 0 Å². The number of hydrogen-bond donors (Lipinski definition) is 1. The van der Waals surface area contributed by atoms with E-state index in [0.29, 0.717) is 0 Å². The average molecular weight is 346 g/mol. The Bertz CT molecular complexity index is 594. The Morgan fingerprint density at radius 2 is 1.95 bits per heavy atom. The van der Waals surface area contributed by atoms with Gasteiger partial charge in [0, 0.05) is 35.6 Å². The highest BCUT2D eigenvalue weighted by atomic mass is 79.9. The summed E-state index contributed by atoms with van der Waals surface area (Å²) in [5.74, 6) is 0. The van der Waals surface area contributed by atoms with Gasteiger partial charge >= 0.3 is 0 Å². The number of rotatable bonds is 5. The van der Waals surface area contributed by atoms with Gasteiger partial charge in [-0.25, -0.2) is 0 Å². The molecule has 0 unspecified atom stereocenters. The second kappa shape index (κ2) is 7.05. The Morgan fingerprint density at radius 1 is 1.10 bits per heavy atom. The Kier molecular flexibility index (Phi) is 4.88. The van der Waals surface area contributed by atoms with Crippen LogP contribution in [0.4, 0.5) is 5.69 Å². The molecule has 0 radical (unpaired) electrons. The fourth-order valence-electron chi connectivity index (χ4n) is 2.74. The summed E-state index contributed by atoms with van der Waals surface area (Å²) >= 11 is 3.45. The van der Waals surface area contributed by atoms with Gasteiger partial charge in [-0.3, -0.25) is 9.88 Å². The van der Waals surface area contributed by atoms with E-state index >= 15 is 0 Å². The third-order valence-electron chi connectivity index (χ3n) is 3.79. The van der Waals surface area contributed by atoms with Crippen molar-refractivity contribution in [3.8, 4) is 0 Å². The molecule has 2 aromatic rings. The van der Waals surface area contributed by atoms with Crippen LogP contribution < -0.4 is 5.32 Å². The highest BCUT2D eigenvalue weighted by Gasteiger charge is 2.11. The third kappa shape index (κ3) is 4.29. The molecule has 1 aliphatic rings. The zero-order valence-electron chi connectivity index (χ0n) is 12.1. The lowest BCUT2D eigenvalue weighted by molar-refractivity contribution is 0.331. The first kappa shape index (κ1) is 14.5. The molecule has 3 rings (SSSR count). The van der Waals surface area contributed by atoms with Crippen LogP contribution in [0.3, 0.4) is 0 Å². The average Bonchev–Trinajstić information content (AvgIpc) is 2.99. The van der Waals surface area contributed by atoms with Crippen molar-refractivity contribution in [1.82, 2.24) is 9.88 Å². The van der Waals surface area contributed by atoms with E-state index in [0.717, 1.165) is 17.6 Å². The maximum atomic E-state index is 4.19. The van der Waals surface area contributed by atoms with Crippen molar-refractivity contribution >= 4 is 21.6 Å². The predicted molar refractivity (Wildman–Crippen MR) is 90.2 cm³/mol. The lowest BCUT2D eigenvalue weighted by Crippen LogP contribution is -2.18. The van der Waals surface area contributed by atoms with Crippen LogP contribution >= 0.6 is 15.9 Å². The molecule has 0 spiro atoms. The molecule has 1 saturated heterocycles. The Morgan fingerprint density at radius 3 is 2.76 bits per heavy atom. The minimum absolute atomic E-state index is 0.791. The zero-order chi connectivity index (χ0) is 14.5. The standard InChI is InChI=1S/C17H20BrN3/c18-16-8-15(10-19-12-16)11-20-17-5-3-4-14(9-17)13-21-6-1-2-7-21/h3-5,8-10,12,20H,1-2,6-7,11,13H2. The fraction of sp³-hybridized carbons (Fsp3) is 0.353. The van der Waals surface area contributed by atoms with E-state index in [1.165, 1.54) is 42.7 Å². The molecule has 0 amide bonds. The van der Waals surface area contributed by atoms with Crippen molar-refractivity contribution in [3.63, 3.8) is 0 Å². The molecule has 3 nitrogen and oxygen atoms in total. The molecule has 4 heteroatoms. The molecular formula is C17H20BrN3. The van der Waals surface area contributed by atoms with E-state index in [1.54, 1.807) is 6.20 Å². The number of nitrogens with zero attached hydrogens (tertiary/aromatic N) is 2. The summed E-state index contributed by atoms with van der Waals surface area (Å²) in [5, 5.41) is 3.47. The molecule has 1 fully saturated rings. The monoisotopic (exact) mass is 345 g/mol. The van der Waals surface area contributed by atoms with E-state index in [4.69, 9.17) is 0 Å². The van der Waals surface area contributed by atoms with Crippen molar-refractivity contribution in [2.45, 2.75) is 25.9 Å². The van der Waals surface area contributed by atoms with Gasteiger partial charge in [-0.15, -0.1) is 0 Å². The molecule has 1 aliphatic heterocycles. The van der Waals surface area contributed by atoms with Gasteiger partial charge in [-0.1, -0.05) is 12.1 Å². The Labute approximate surface area is 134 Å². The molecule has 0 atom stereocenters. The van der Waals surface area contributed by atoms with Gasteiger partial charge in [0.2, 0.25) is 0 Å². The topological polar surface area (TPSA) is 28.2 Å². The van der Waals surface area contributed by atoms with E-state index in [9.17, 15) is 0 Å². The van der Waals surface area contributed by atoms with Crippen LogP contribution in [0, 0.1) is 0 Å². The summed E-state index contributed by atoms with van der Waals surface area (Å²) in [6.07, 6.45) is 6.38. The zero-order valence-corrected chi connectivity index (χ0v) is 13.6. The molecule has 2 heterocycles. The molecule has 110 valence electrons. The van der Waals surface area contributed by atoms with Crippen molar-refractivity contribution < 1.29 is 0 Å². The maximum absolute atomic E-state index is 4.19. The van der Waals surface area contributed by atoms with Crippen LogP contribution in [-0.4, -0.2) is 23.0 Å². The molecule has 0 saturated carbocycles. The lowest BCUT2D eigenvalue weighted by atomic mass is 10.2. The number of aromatic nitrogens is 1. The lowest BCUT2D eigenvalue weighted by Gasteiger charge is -2.15. The summed E-state index contributed by atoms with van der Waals surface area (Å²) in [6.45, 7) is 4.33. The minimum atomic E-state index is 0.791. The molecule has 0 aliphatic carbocycles. The number of nitrogens with one attached hydrogen (secondary N) is 1. The Hall–Kier alpha value is -1.39. The van der Waals surface area contributed by atoms with E-state index in [2.05, 4.69) is 61.5 Å². The number of benzene rings is 1. The highest BCUT2D eigenvalue weighted by molar-refractivity contribution is 9.10. The maximum Gasteiger partial charge on any atom is 0.0416 e. The minimum Gasteiger partial charge on any atom is -0.381 e. The highest BCUT2D eigenvalue weighted by Crippen LogP contribution is 2.17. The van der Waals surface area contributed by atoms with E-state index < -0.39 is 0 Å². The van der Waals surface area contributed by atoms with Gasteiger partial charge in [0.25, 0.3) is 0 Å². The molecular weight excluding hydrogens is 326 g/mol. The summed E-state index contributed by atoms with van der Waals surface area (Å²) in [4.78, 5) is 6.71. The number of halogens is 1. The smallest absolute Gasteiger partial charge is 0.0416 e. The van der Waals surface area contributed by atoms with Crippen LogP contribution in [0.2, 0.25) is 0 Å². The van der Waals surface area contributed by atoms with Gasteiger partial charge in [0.15, 0.2) is 0 Å². The van der Waals surface area contributed by atoms with E-state index in [1.807, 2.05) is 6.20 Å². The summed E-state index contributed by atoms with van der Waals surface area (Å²) in [6, 6.07) is 10.8. The van der Waals surface area contributed by atoms with Crippen molar-refractivity contribution in [2.24, 2.45) is 0 Å². The summed E-state index contributed by atoms with van der Waals surface area (Å²) in [5.41, 5.74) is 3.73.